The maximum absolute atomic E-state index is 13.6. The molecular weight excluding hydrogens is 276 g/mol. The van der Waals surface area contributed by atoms with E-state index in [1.165, 1.54) is 12.1 Å². The van der Waals surface area contributed by atoms with Crippen LogP contribution in [0.15, 0.2) is 48.5 Å². The molecule has 2 aromatic rings. The second-order valence-corrected chi connectivity index (χ2v) is 4.91. The standard InChI is InChI=1S/C16H15F2NO2/c1-16(10-20,11-6-3-2-4-7-11)19-15(21)12-8-5-9-13(17)14(12)18/h2-9,20H,10H2,1H3,(H,19,21). The molecule has 110 valence electrons. The second kappa shape index (κ2) is 6.01. The molecule has 1 amide bonds. The van der Waals surface area contributed by atoms with Crippen LogP contribution in [0, 0.1) is 11.6 Å². The Morgan fingerprint density at radius 2 is 1.81 bits per heavy atom. The molecule has 0 saturated heterocycles. The average molecular weight is 291 g/mol. The summed E-state index contributed by atoms with van der Waals surface area (Å²) in [5, 5.41) is 12.1. The molecule has 1 atom stereocenters. The zero-order chi connectivity index (χ0) is 15.5. The van der Waals surface area contributed by atoms with Gasteiger partial charge >= 0.3 is 0 Å². The van der Waals surface area contributed by atoms with Crippen LogP contribution in [0.4, 0.5) is 8.78 Å². The van der Waals surface area contributed by atoms with Crippen molar-refractivity contribution < 1.29 is 18.7 Å². The largest absolute Gasteiger partial charge is 0.394 e. The normalized spacial score (nSPS) is 13.5. The minimum absolute atomic E-state index is 0.375. The minimum Gasteiger partial charge on any atom is -0.394 e. The number of aliphatic hydroxyl groups excluding tert-OH is 1. The molecular formula is C16H15F2NO2. The Balaban J connectivity index is 2.30. The predicted molar refractivity (Wildman–Crippen MR) is 74.7 cm³/mol. The van der Waals surface area contributed by atoms with Crippen LogP contribution in [0.3, 0.4) is 0 Å². The van der Waals surface area contributed by atoms with Crippen LogP contribution in [-0.2, 0) is 5.54 Å². The first-order valence-corrected chi connectivity index (χ1v) is 6.41. The third-order valence-corrected chi connectivity index (χ3v) is 3.31. The van der Waals surface area contributed by atoms with Gasteiger partial charge in [-0.1, -0.05) is 36.4 Å². The van der Waals surface area contributed by atoms with E-state index in [0.717, 1.165) is 6.07 Å². The molecule has 21 heavy (non-hydrogen) atoms. The molecule has 0 fully saturated rings. The van der Waals surface area contributed by atoms with Crippen LogP contribution < -0.4 is 5.32 Å². The average Bonchev–Trinajstić information content (AvgIpc) is 2.50. The van der Waals surface area contributed by atoms with Crippen molar-refractivity contribution in [2.75, 3.05) is 6.61 Å². The van der Waals surface area contributed by atoms with E-state index < -0.39 is 28.6 Å². The summed E-state index contributed by atoms with van der Waals surface area (Å²) in [6.07, 6.45) is 0. The number of nitrogens with one attached hydrogen (secondary N) is 1. The lowest BCUT2D eigenvalue weighted by Gasteiger charge is -2.29. The van der Waals surface area contributed by atoms with Gasteiger partial charge in [0, 0.05) is 0 Å². The summed E-state index contributed by atoms with van der Waals surface area (Å²) >= 11 is 0. The molecule has 0 aromatic heterocycles. The number of hydrogen-bond acceptors (Lipinski definition) is 2. The maximum atomic E-state index is 13.6. The maximum Gasteiger partial charge on any atom is 0.255 e. The van der Waals surface area contributed by atoms with E-state index in [-0.39, 0.29) is 6.61 Å². The Bertz CT molecular complexity index is 646. The van der Waals surface area contributed by atoms with Gasteiger partial charge in [0.2, 0.25) is 0 Å². The van der Waals surface area contributed by atoms with Crippen LogP contribution in [0.2, 0.25) is 0 Å². The summed E-state index contributed by atoms with van der Waals surface area (Å²) < 4.78 is 26.8. The summed E-state index contributed by atoms with van der Waals surface area (Å²) in [4.78, 5) is 12.1. The van der Waals surface area contributed by atoms with Crippen molar-refractivity contribution in [1.82, 2.24) is 5.32 Å². The highest BCUT2D eigenvalue weighted by Gasteiger charge is 2.29. The van der Waals surface area contributed by atoms with E-state index in [1.807, 2.05) is 0 Å². The van der Waals surface area contributed by atoms with Crippen molar-refractivity contribution in [2.45, 2.75) is 12.5 Å². The zero-order valence-corrected chi connectivity index (χ0v) is 11.4. The van der Waals surface area contributed by atoms with Gasteiger partial charge in [-0.25, -0.2) is 8.78 Å². The first-order valence-electron chi connectivity index (χ1n) is 6.41. The van der Waals surface area contributed by atoms with Gasteiger partial charge in [0.25, 0.3) is 5.91 Å². The van der Waals surface area contributed by atoms with E-state index in [2.05, 4.69) is 5.32 Å². The van der Waals surface area contributed by atoms with Gasteiger partial charge in [0.05, 0.1) is 17.7 Å². The molecule has 0 aliphatic heterocycles. The highest BCUT2D eigenvalue weighted by Crippen LogP contribution is 2.21. The van der Waals surface area contributed by atoms with Gasteiger partial charge in [-0.2, -0.15) is 0 Å². The van der Waals surface area contributed by atoms with Crippen molar-refractivity contribution in [1.29, 1.82) is 0 Å². The smallest absolute Gasteiger partial charge is 0.255 e. The van der Waals surface area contributed by atoms with Crippen molar-refractivity contribution in [2.24, 2.45) is 0 Å². The number of amides is 1. The van der Waals surface area contributed by atoms with Crippen LogP contribution in [0.25, 0.3) is 0 Å². The van der Waals surface area contributed by atoms with Gasteiger partial charge in [-0.3, -0.25) is 4.79 Å². The molecule has 2 aromatic carbocycles. The summed E-state index contributed by atoms with van der Waals surface area (Å²) in [5.74, 6) is -3.08. The lowest BCUT2D eigenvalue weighted by Crippen LogP contribution is -2.46. The van der Waals surface area contributed by atoms with E-state index in [1.54, 1.807) is 37.3 Å². The zero-order valence-electron chi connectivity index (χ0n) is 11.4. The summed E-state index contributed by atoms with van der Waals surface area (Å²) in [5.41, 5.74) is -0.819. The van der Waals surface area contributed by atoms with Gasteiger partial charge in [-0.05, 0) is 24.6 Å². The third-order valence-electron chi connectivity index (χ3n) is 3.31. The van der Waals surface area contributed by atoms with Crippen LogP contribution in [0.1, 0.15) is 22.8 Å². The predicted octanol–water partition coefficient (Wildman–Crippen LogP) is 2.60. The number of rotatable bonds is 4. The molecule has 3 nitrogen and oxygen atoms in total. The Hall–Kier alpha value is -2.27. The highest BCUT2D eigenvalue weighted by molar-refractivity contribution is 5.95. The Morgan fingerprint density at radius 1 is 1.14 bits per heavy atom. The fourth-order valence-electron chi connectivity index (χ4n) is 2.01. The number of hydrogen-bond donors (Lipinski definition) is 2. The molecule has 0 bridgehead atoms. The Morgan fingerprint density at radius 3 is 2.43 bits per heavy atom. The first kappa shape index (κ1) is 15.1. The molecule has 0 aliphatic rings. The molecule has 2 rings (SSSR count). The quantitative estimate of drug-likeness (QED) is 0.909. The van der Waals surface area contributed by atoms with Crippen molar-refractivity contribution >= 4 is 5.91 Å². The monoisotopic (exact) mass is 291 g/mol. The van der Waals surface area contributed by atoms with Gasteiger partial charge in [0.1, 0.15) is 0 Å². The van der Waals surface area contributed by atoms with Crippen molar-refractivity contribution in [3.8, 4) is 0 Å². The number of aliphatic hydroxyl groups is 1. The number of halogens is 2. The lowest BCUT2D eigenvalue weighted by molar-refractivity contribution is 0.0844. The fraction of sp³-hybridized carbons (Fsp3) is 0.188. The Labute approximate surface area is 121 Å². The van der Waals surface area contributed by atoms with E-state index >= 15 is 0 Å². The second-order valence-electron chi connectivity index (χ2n) is 4.91. The minimum atomic E-state index is -1.21. The summed E-state index contributed by atoms with van der Waals surface area (Å²) in [6, 6.07) is 12.2. The lowest BCUT2D eigenvalue weighted by atomic mass is 9.92. The molecule has 5 heteroatoms. The molecule has 1 unspecified atom stereocenters. The van der Waals surface area contributed by atoms with Crippen LogP contribution in [-0.4, -0.2) is 17.6 Å². The van der Waals surface area contributed by atoms with Crippen LogP contribution >= 0.6 is 0 Å². The van der Waals surface area contributed by atoms with Gasteiger partial charge in [0.15, 0.2) is 11.6 Å². The topological polar surface area (TPSA) is 49.3 Å². The SMILES string of the molecule is CC(CO)(NC(=O)c1cccc(F)c1F)c1ccccc1. The summed E-state index contributed by atoms with van der Waals surface area (Å²) in [6.45, 7) is 1.23. The highest BCUT2D eigenvalue weighted by atomic mass is 19.2. The van der Waals surface area contributed by atoms with Gasteiger partial charge in [-0.15, -0.1) is 0 Å². The fourth-order valence-corrected chi connectivity index (χ4v) is 2.01. The molecule has 0 radical (unpaired) electrons. The molecule has 0 heterocycles. The van der Waals surface area contributed by atoms with E-state index in [9.17, 15) is 18.7 Å². The number of carbonyl (C=O) groups is 1. The van der Waals surface area contributed by atoms with Crippen molar-refractivity contribution in [3.05, 3.63) is 71.3 Å². The first-order chi connectivity index (χ1) is 9.98. The van der Waals surface area contributed by atoms with Crippen molar-refractivity contribution in [3.63, 3.8) is 0 Å². The number of benzene rings is 2. The van der Waals surface area contributed by atoms with Crippen LogP contribution in [0.5, 0.6) is 0 Å². The van der Waals surface area contributed by atoms with Gasteiger partial charge < -0.3 is 10.4 Å². The summed E-state index contributed by atoms with van der Waals surface area (Å²) in [7, 11) is 0. The van der Waals surface area contributed by atoms with E-state index in [0.29, 0.717) is 5.56 Å². The number of carbonyl (C=O) groups excluding carboxylic acids is 1. The molecule has 2 N–H and O–H groups in total. The third kappa shape index (κ3) is 3.08. The van der Waals surface area contributed by atoms with E-state index in [4.69, 9.17) is 0 Å². The molecule has 0 spiro atoms. The Kier molecular flexibility index (Phi) is 4.33. The molecule has 0 saturated carbocycles. The molecule has 0 aliphatic carbocycles.